The van der Waals surface area contributed by atoms with E-state index in [0.717, 1.165) is 11.3 Å². The Morgan fingerprint density at radius 3 is 2.33 bits per heavy atom. The number of hydrogen-bond acceptors (Lipinski definition) is 6. The minimum absolute atomic E-state index is 0.0633. The van der Waals surface area contributed by atoms with Crippen LogP contribution < -0.4 is 15.5 Å². The Kier molecular flexibility index (Phi) is 7.21. The number of nitrogens with zero attached hydrogens (tertiary/aromatic N) is 4. The van der Waals surface area contributed by atoms with E-state index in [9.17, 15) is 9.18 Å². The van der Waals surface area contributed by atoms with Crippen molar-refractivity contribution in [1.29, 1.82) is 0 Å². The zero-order valence-electron chi connectivity index (χ0n) is 17.7. The summed E-state index contributed by atoms with van der Waals surface area (Å²) in [5.74, 6) is 6.68. The second-order valence-electron chi connectivity index (χ2n) is 7.10. The van der Waals surface area contributed by atoms with Gasteiger partial charge in [-0.25, -0.2) is 9.07 Å². The summed E-state index contributed by atoms with van der Waals surface area (Å²) in [6.45, 7) is 0.518. The van der Waals surface area contributed by atoms with E-state index in [1.165, 1.54) is 40.7 Å². The SMILES string of the molecule is Nn1c(COc2ccc(F)cc2)nnc1SCC(=O)N(Cc1ccccc1)c1ccccc1. The highest BCUT2D eigenvalue weighted by atomic mass is 32.2. The molecule has 7 nitrogen and oxygen atoms in total. The van der Waals surface area contributed by atoms with Crippen molar-refractivity contribution in [1.82, 2.24) is 14.9 Å². The largest absolute Gasteiger partial charge is 0.486 e. The van der Waals surface area contributed by atoms with E-state index in [0.29, 0.717) is 23.3 Å². The van der Waals surface area contributed by atoms with Crippen LogP contribution in [0, 0.1) is 5.82 Å². The molecule has 0 saturated carbocycles. The highest BCUT2D eigenvalue weighted by Gasteiger charge is 2.19. The fourth-order valence-electron chi connectivity index (χ4n) is 3.08. The first-order valence-electron chi connectivity index (χ1n) is 10.2. The lowest BCUT2D eigenvalue weighted by atomic mass is 10.2. The van der Waals surface area contributed by atoms with E-state index in [-0.39, 0.29) is 24.1 Å². The molecule has 0 aliphatic rings. The van der Waals surface area contributed by atoms with Crippen molar-refractivity contribution in [2.75, 3.05) is 16.5 Å². The van der Waals surface area contributed by atoms with Gasteiger partial charge in [-0.05, 0) is 42.0 Å². The number of para-hydroxylation sites is 1. The Bertz CT molecular complexity index is 1190. The minimum atomic E-state index is -0.343. The van der Waals surface area contributed by atoms with Crippen LogP contribution in [0.25, 0.3) is 0 Å². The number of nitrogens with two attached hydrogens (primary N) is 1. The summed E-state index contributed by atoms with van der Waals surface area (Å²) in [6, 6.07) is 25.0. The van der Waals surface area contributed by atoms with E-state index in [1.807, 2.05) is 60.7 Å². The van der Waals surface area contributed by atoms with Crippen LogP contribution >= 0.6 is 11.8 Å². The van der Waals surface area contributed by atoms with Gasteiger partial charge in [0.1, 0.15) is 18.2 Å². The van der Waals surface area contributed by atoms with Gasteiger partial charge in [0.2, 0.25) is 11.1 Å². The molecule has 0 fully saturated rings. The first kappa shape index (κ1) is 22.3. The monoisotopic (exact) mass is 463 g/mol. The number of aromatic nitrogens is 3. The van der Waals surface area contributed by atoms with Crippen molar-refractivity contribution in [2.24, 2.45) is 0 Å². The Balaban J connectivity index is 1.40. The first-order chi connectivity index (χ1) is 16.1. The van der Waals surface area contributed by atoms with Crippen molar-refractivity contribution >= 4 is 23.4 Å². The zero-order valence-corrected chi connectivity index (χ0v) is 18.5. The van der Waals surface area contributed by atoms with Gasteiger partial charge in [-0.1, -0.05) is 60.3 Å². The third-order valence-electron chi connectivity index (χ3n) is 4.79. The predicted molar refractivity (Wildman–Crippen MR) is 126 cm³/mol. The number of carbonyl (C=O) groups is 1. The molecule has 2 N–H and O–H groups in total. The van der Waals surface area contributed by atoms with Gasteiger partial charge in [0.25, 0.3) is 0 Å². The number of ether oxygens (including phenoxy) is 1. The number of halogens is 1. The van der Waals surface area contributed by atoms with E-state index in [4.69, 9.17) is 10.6 Å². The number of anilines is 1. The number of nitrogen functional groups attached to an aromatic ring is 1. The van der Waals surface area contributed by atoms with E-state index >= 15 is 0 Å². The highest BCUT2D eigenvalue weighted by Crippen LogP contribution is 2.21. The van der Waals surface area contributed by atoms with Crippen LogP contribution in [0.5, 0.6) is 5.75 Å². The third-order valence-corrected chi connectivity index (χ3v) is 5.72. The lowest BCUT2D eigenvalue weighted by Crippen LogP contribution is -2.32. The zero-order chi connectivity index (χ0) is 23.0. The van der Waals surface area contributed by atoms with Gasteiger partial charge in [0, 0.05) is 5.69 Å². The molecule has 1 heterocycles. The van der Waals surface area contributed by atoms with Gasteiger partial charge in [-0.15, -0.1) is 10.2 Å². The first-order valence-corrected chi connectivity index (χ1v) is 11.2. The summed E-state index contributed by atoms with van der Waals surface area (Å²) in [5, 5.41) is 8.51. The summed E-state index contributed by atoms with van der Waals surface area (Å²) in [6.07, 6.45) is 0. The van der Waals surface area contributed by atoms with E-state index < -0.39 is 0 Å². The molecule has 3 aromatic carbocycles. The van der Waals surface area contributed by atoms with E-state index in [2.05, 4.69) is 10.2 Å². The maximum Gasteiger partial charge on any atom is 0.237 e. The normalized spacial score (nSPS) is 10.7. The topological polar surface area (TPSA) is 86.3 Å². The Hall–Kier alpha value is -3.85. The lowest BCUT2D eigenvalue weighted by molar-refractivity contribution is -0.116. The highest BCUT2D eigenvalue weighted by molar-refractivity contribution is 7.99. The third kappa shape index (κ3) is 5.89. The molecule has 1 amide bonds. The van der Waals surface area contributed by atoms with Crippen molar-refractivity contribution in [3.8, 4) is 5.75 Å². The summed E-state index contributed by atoms with van der Waals surface area (Å²) in [4.78, 5) is 14.9. The van der Waals surface area contributed by atoms with Crippen LogP contribution in [0.3, 0.4) is 0 Å². The minimum Gasteiger partial charge on any atom is -0.486 e. The van der Waals surface area contributed by atoms with Crippen LogP contribution in [0.1, 0.15) is 11.4 Å². The smallest absolute Gasteiger partial charge is 0.237 e. The molecule has 0 saturated heterocycles. The number of amides is 1. The standard InChI is InChI=1S/C24H22FN5O2S/c25-19-11-13-21(14-12-19)32-16-22-27-28-24(30(22)26)33-17-23(31)29(20-9-5-2-6-10-20)15-18-7-3-1-4-8-18/h1-14H,15-17,26H2. The molecule has 168 valence electrons. The average molecular weight is 464 g/mol. The second-order valence-corrected chi connectivity index (χ2v) is 8.04. The van der Waals surface area contributed by atoms with Crippen LogP contribution in [-0.2, 0) is 17.9 Å². The molecule has 0 aliphatic carbocycles. The molecule has 4 rings (SSSR count). The van der Waals surface area contributed by atoms with Gasteiger partial charge in [-0.2, -0.15) is 0 Å². The fourth-order valence-corrected chi connectivity index (χ4v) is 3.84. The van der Waals surface area contributed by atoms with Crippen molar-refractivity contribution in [2.45, 2.75) is 18.3 Å². The average Bonchev–Trinajstić information content (AvgIpc) is 3.21. The molecule has 1 aromatic heterocycles. The van der Waals surface area contributed by atoms with E-state index in [1.54, 1.807) is 4.90 Å². The lowest BCUT2D eigenvalue weighted by Gasteiger charge is -2.23. The summed E-state index contributed by atoms with van der Waals surface area (Å²) >= 11 is 1.20. The molecular weight excluding hydrogens is 441 g/mol. The van der Waals surface area contributed by atoms with Gasteiger partial charge in [0.05, 0.1) is 12.3 Å². The Morgan fingerprint density at radius 2 is 1.64 bits per heavy atom. The molecule has 33 heavy (non-hydrogen) atoms. The molecular formula is C24H22FN5O2S. The van der Waals surface area contributed by atoms with Gasteiger partial charge in [-0.3, -0.25) is 4.79 Å². The summed E-state index contributed by atoms with van der Waals surface area (Å²) in [5.41, 5.74) is 1.84. The van der Waals surface area contributed by atoms with Crippen LogP contribution in [0.15, 0.2) is 90.1 Å². The number of thioether (sulfide) groups is 1. The van der Waals surface area contributed by atoms with Gasteiger partial charge < -0.3 is 15.5 Å². The number of rotatable bonds is 9. The number of hydrogen-bond donors (Lipinski definition) is 1. The summed E-state index contributed by atoms with van der Waals surface area (Å²) < 4.78 is 19.9. The fraction of sp³-hybridized carbons (Fsp3) is 0.125. The predicted octanol–water partition coefficient (Wildman–Crippen LogP) is 4.04. The van der Waals surface area contributed by atoms with Gasteiger partial charge in [0.15, 0.2) is 5.82 Å². The van der Waals surface area contributed by atoms with Crippen LogP contribution in [0.4, 0.5) is 10.1 Å². The molecule has 0 bridgehead atoms. The van der Waals surface area contributed by atoms with Crippen molar-refractivity contribution < 1.29 is 13.9 Å². The van der Waals surface area contributed by atoms with Crippen molar-refractivity contribution in [3.05, 3.63) is 102 Å². The second kappa shape index (κ2) is 10.6. The van der Waals surface area contributed by atoms with Crippen LogP contribution in [-0.4, -0.2) is 26.5 Å². The molecule has 4 aromatic rings. The molecule has 0 unspecified atom stereocenters. The number of carbonyl (C=O) groups excluding carboxylic acids is 1. The Labute approximate surface area is 195 Å². The molecule has 0 spiro atoms. The van der Waals surface area contributed by atoms with Gasteiger partial charge >= 0.3 is 0 Å². The van der Waals surface area contributed by atoms with Crippen LogP contribution in [0.2, 0.25) is 0 Å². The molecule has 9 heteroatoms. The maximum atomic E-state index is 13.1. The molecule has 0 aliphatic heterocycles. The number of benzene rings is 3. The summed E-state index contributed by atoms with van der Waals surface area (Å²) in [7, 11) is 0. The van der Waals surface area contributed by atoms with Crippen molar-refractivity contribution in [3.63, 3.8) is 0 Å². The quantitative estimate of drug-likeness (QED) is 0.298. The molecule has 0 radical (unpaired) electrons. The maximum absolute atomic E-state index is 13.1. The molecule has 0 atom stereocenters. The Morgan fingerprint density at radius 1 is 0.970 bits per heavy atom.